The molecular weight excluding hydrogens is 248 g/mol. The summed E-state index contributed by atoms with van der Waals surface area (Å²) in [6.07, 6.45) is 2.92. The largest absolute Gasteiger partial charge is 0.339 e. The predicted octanol–water partition coefficient (Wildman–Crippen LogP) is 0.574. The highest BCUT2D eigenvalue weighted by Gasteiger charge is 2.29. The average Bonchev–Trinajstić information content (AvgIpc) is 2.84. The van der Waals surface area contributed by atoms with E-state index in [1.807, 2.05) is 13.8 Å². The number of amides is 2. The molecule has 1 unspecified atom stereocenters. The number of hydrogen-bond donors (Lipinski definition) is 2. The van der Waals surface area contributed by atoms with Crippen molar-refractivity contribution in [2.75, 3.05) is 6.54 Å². The van der Waals surface area contributed by atoms with Crippen LogP contribution in [0.4, 0.5) is 0 Å². The van der Waals surface area contributed by atoms with Crippen LogP contribution in [0.1, 0.15) is 43.2 Å². The highest BCUT2D eigenvalue weighted by Crippen LogP contribution is 2.11. The number of nitrogens with zero attached hydrogens (tertiary/aromatic N) is 3. The molecule has 2 amide bonds. The van der Waals surface area contributed by atoms with Gasteiger partial charge in [0.2, 0.25) is 0 Å². The van der Waals surface area contributed by atoms with Crippen LogP contribution in [0.2, 0.25) is 0 Å². The normalized spacial score (nSPS) is 19.9. The van der Waals surface area contributed by atoms with E-state index in [0.717, 1.165) is 0 Å². The van der Waals surface area contributed by atoms with Crippen LogP contribution in [0.25, 0.3) is 0 Å². The fraction of sp³-hybridized carbons (Fsp3) is 0.583. The SMILES string of the molecule is CC(C)n1ccc(C(=O)NC2CCCN(O)C2=O)n1. The molecule has 7 nitrogen and oxygen atoms in total. The molecule has 7 heteroatoms. The smallest absolute Gasteiger partial charge is 0.272 e. The van der Waals surface area contributed by atoms with Crippen LogP contribution < -0.4 is 5.32 Å². The van der Waals surface area contributed by atoms with Crippen LogP contribution in [0.3, 0.4) is 0 Å². The van der Waals surface area contributed by atoms with Crippen LogP contribution in [-0.4, -0.2) is 44.5 Å². The van der Waals surface area contributed by atoms with E-state index >= 15 is 0 Å². The summed E-state index contributed by atoms with van der Waals surface area (Å²) in [6.45, 7) is 4.24. The molecule has 1 aromatic rings. The van der Waals surface area contributed by atoms with Crippen molar-refractivity contribution < 1.29 is 14.8 Å². The zero-order valence-electron chi connectivity index (χ0n) is 11.0. The first kappa shape index (κ1) is 13.5. The molecule has 19 heavy (non-hydrogen) atoms. The standard InChI is InChI=1S/C12H18N4O3/c1-8(2)15-7-5-9(14-15)11(17)13-10-4-3-6-16(19)12(10)18/h5,7-8,10,19H,3-4,6H2,1-2H3,(H,13,17). The Morgan fingerprint density at radius 2 is 2.32 bits per heavy atom. The van der Waals surface area contributed by atoms with Crippen molar-refractivity contribution in [3.63, 3.8) is 0 Å². The van der Waals surface area contributed by atoms with E-state index in [1.165, 1.54) is 0 Å². The summed E-state index contributed by atoms with van der Waals surface area (Å²) in [7, 11) is 0. The summed E-state index contributed by atoms with van der Waals surface area (Å²) >= 11 is 0. The third-order valence-electron chi connectivity index (χ3n) is 3.09. The van der Waals surface area contributed by atoms with E-state index in [-0.39, 0.29) is 11.7 Å². The number of carbonyl (C=O) groups is 2. The van der Waals surface area contributed by atoms with Crippen molar-refractivity contribution in [1.82, 2.24) is 20.2 Å². The lowest BCUT2D eigenvalue weighted by atomic mass is 10.1. The van der Waals surface area contributed by atoms with Gasteiger partial charge in [-0.15, -0.1) is 0 Å². The predicted molar refractivity (Wildman–Crippen MR) is 66.6 cm³/mol. The van der Waals surface area contributed by atoms with Gasteiger partial charge in [-0.2, -0.15) is 5.10 Å². The fourth-order valence-electron chi connectivity index (χ4n) is 1.97. The summed E-state index contributed by atoms with van der Waals surface area (Å²) in [5.41, 5.74) is 0.275. The first-order valence-corrected chi connectivity index (χ1v) is 6.35. The summed E-state index contributed by atoms with van der Waals surface area (Å²) < 4.78 is 1.68. The molecule has 1 aliphatic heterocycles. The lowest BCUT2D eigenvalue weighted by Crippen LogP contribution is -2.51. The Labute approximate surface area is 111 Å². The minimum Gasteiger partial charge on any atom is -0.339 e. The molecule has 0 radical (unpaired) electrons. The maximum atomic E-state index is 12.0. The van der Waals surface area contributed by atoms with Crippen molar-refractivity contribution in [3.8, 4) is 0 Å². The topological polar surface area (TPSA) is 87.5 Å². The van der Waals surface area contributed by atoms with E-state index in [9.17, 15) is 14.8 Å². The Hall–Kier alpha value is -1.89. The number of rotatable bonds is 3. The highest BCUT2D eigenvalue weighted by atomic mass is 16.5. The van der Waals surface area contributed by atoms with E-state index in [4.69, 9.17) is 0 Å². The van der Waals surface area contributed by atoms with Gasteiger partial charge in [-0.05, 0) is 32.8 Å². The Balaban J connectivity index is 2.02. The lowest BCUT2D eigenvalue weighted by Gasteiger charge is -2.27. The molecule has 1 fully saturated rings. The zero-order valence-corrected chi connectivity index (χ0v) is 11.0. The number of piperidine rings is 1. The van der Waals surface area contributed by atoms with Gasteiger partial charge >= 0.3 is 0 Å². The van der Waals surface area contributed by atoms with Gasteiger partial charge in [0.1, 0.15) is 11.7 Å². The molecule has 0 bridgehead atoms. The fourth-order valence-corrected chi connectivity index (χ4v) is 1.97. The van der Waals surface area contributed by atoms with Gasteiger partial charge in [0, 0.05) is 18.8 Å². The molecule has 1 aliphatic rings. The van der Waals surface area contributed by atoms with E-state index in [1.54, 1.807) is 16.9 Å². The number of nitrogens with one attached hydrogen (secondary N) is 1. The Bertz CT molecular complexity index is 483. The molecule has 0 aromatic carbocycles. The summed E-state index contributed by atoms with van der Waals surface area (Å²) in [5.74, 6) is -0.865. The summed E-state index contributed by atoms with van der Waals surface area (Å²) in [5, 5.41) is 16.7. The molecule has 0 aliphatic carbocycles. The van der Waals surface area contributed by atoms with Gasteiger partial charge in [-0.1, -0.05) is 0 Å². The van der Waals surface area contributed by atoms with Crippen molar-refractivity contribution in [3.05, 3.63) is 18.0 Å². The molecule has 2 N–H and O–H groups in total. The molecular formula is C12H18N4O3. The minimum absolute atomic E-state index is 0.172. The second-order valence-corrected chi connectivity index (χ2v) is 4.90. The van der Waals surface area contributed by atoms with Gasteiger partial charge in [-0.3, -0.25) is 19.5 Å². The maximum Gasteiger partial charge on any atom is 0.272 e. The Kier molecular flexibility index (Phi) is 3.84. The van der Waals surface area contributed by atoms with Gasteiger partial charge in [0.05, 0.1) is 0 Å². The number of hydroxylamine groups is 2. The highest BCUT2D eigenvalue weighted by molar-refractivity contribution is 5.96. The first-order chi connectivity index (χ1) is 8.99. The monoisotopic (exact) mass is 266 g/mol. The van der Waals surface area contributed by atoms with Crippen molar-refractivity contribution in [1.29, 1.82) is 0 Å². The second kappa shape index (κ2) is 5.40. The number of carbonyl (C=O) groups excluding carboxylic acids is 2. The number of aromatic nitrogens is 2. The molecule has 0 saturated carbocycles. The third-order valence-corrected chi connectivity index (χ3v) is 3.09. The average molecular weight is 266 g/mol. The second-order valence-electron chi connectivity index (χ2n) is 4.90. The van der Waals surface area contributed by atoms with Crippen LogP contribution in [0, 0.1) is 0 Å². The first-order valence-electron chi connectivity index (χ1n) is 6.35. The van der Waals surface area contributed by atoms with Crippen LogP contribution in [0.5, 0.6) is 0 Å². The molecule has 2 rings (SSSR count). The van der Waals surface area contributed by atoms with Crippen LogP contribution >= 0.6 is 0 Å². The Morgan fingerprint density at radius 3 is 2.95 bits per heavy atom. The third kappa shape index (κ3) is 2.93. The molecule has 1 aromatic heterocycles. The quantitative estimate of drug-likeness (QED) is 0.783. The zero-order chi connectivity index (χ0) is 14.0. The van der Waals surface area contributed by atoms with Gasteiger partial charge in [0.15, 0.2) is 0 Å². The summed E-state index contributed by atoms with van der Waals surface area (Å²) in [4.78, 5) is 23.6. The molecule has 104 valence electrons. The van der Waals surface area contributed by atoms with Gasteiger partial charge in [-0.25, -0.2) is 5.06 Å². The van der Waals surface area contributed by atoms with Crippen molar-refractivity contribution in [2.24, 2.45) is 0 Å². The minimum atomic E-state index is -0.671. The molecule has 1 saturated heterocycles. The van der Waals surface area contributed by atoms with Crippen molar-refractivity contribution in [2.45, 2.75) is 38.8 Å². The maximum absolute atomic E-state index is 12.0. The van der Waals surface area contributed by atoms with Gasteiger partial charge in [0.25, 0.3) is 11.8 Å². The molecule has 0 spiro atoms. The van der Waals surface area contributed by atoms with Gasteiger partial charge < -0.3 is 5.32 Å². The van der Waals surface area contributed by atoms with Crippen LogP contribution in [-0.2, 0) is 4.79 Å². The van der Waals surface area contributed by atoms with Crippen LogP contribution in [0.15, 0.2) is 12.3 Å². The molecule has 1 atom stereocenters. The van der Waals surface area contributed by atoms with E-state index in [0.29, 0.717) is 24.4 Å². The number of hydrogen-bond acceptors (Lipinski definition) is 4. The Morgan fingerprint density at radius 1 is 1.58 bits per heavy atom. The van der Waals surface area contributed by atoms with E-state index in [2.05, 4.69) is 10.4 Å². The van der Waals surface area contributed by atoms with E-state index < -0.39 is 17.9 Å². The molecule has 2 heterocycles. The summed E-state index contributed by atoms with van der Waals surface area (Å²) in [6, 6.07) is 1.11. The van der Waals surface area contributed by atoms with Crippen molar-refractivity contribution >= 4 is 11.8 Å². The lowest BCUT2D eigenvalue weighted by molar-refractivity contribution is -0.172.